The summed E-state index contributed by atoms with van der Waals surface area (Å²) in [5, 5.41) is 7.77. The lowest BCUT2D eigenvalue weighted by molar-refractivity contribution is 0.251. The number of rotatable bonds is 6. The molecule has 0 spiro atoms. The monoisotopic (exact) mass is 301 g/mol. The maximum absolute atomic E-state index is 5.96. The third-order valence-electron chi connectivity index (χ3n) is 3.94. The molecule has 3 rings (SSSR count). The molecule has 2 atom stereocenters. The van der Waals surface area contributed by atoms with Gasteiger partial charge in [0.15, 0.2) is 0 Å². The molecule has 0 unspecified atom stereocenters. The largest absolute Gasteiger partial charge is 0.497 e. The lowest BCUT2D eigenvalue weighted by atomic mass is 10.1. The summed E-state index contributed by atoms with van der Waals surface area (Å²) in [6.07, 6.45) is 4.97. The first kappa shape index (κ1) is 14.9. The first-order valence-corrected chi connectivity index (χ1v) is 7.73. The molecule has 0 radical (unpaired) electrons. The minimum atomic E-state index is 0.238. The fourth-order valence-electron chi connectivity index (χ4n) is 2.86. The van der Waals surface area contributed by atoms with E-state index in [1.807, 2.05) is 16.9 Å². The van der Waals surface area contributed by atoms with E-state index in [1.165, 1.54) is 5.56 Å². The highest BCUT2D eigenvalue weighted by atomic mass is 16.5. The van der Waals surface area contributed by atoms with Crippen LogP contribution in [0.4, 0.5) is 0 Å². The van der Waals surface area contributed by atoms with Crippen molar-refractivity contribution in [1.82, 2.24) is 15.1 Å². The molecule has 22 heavy (non-hydrogen) atoms. The molecule has 5 nitrogen and oxygen atoms in total. The molecule has 1 aliphatic rings. The number of hydrogen-bond acceptors (Lipinski definition) is 4. The van der Waals surface area contributed by atoms with Crippen LogP contribution in [0.15, 0.2) is 30.6 Å². The molecule has 2 aromatic rings. The van der Waals surface area contributed by atoms with Gasteiger partial charge in [0, 0.05) is 42.5 Å². The van der Waals surface area contributed by atoms with Crippen molar-refractivity contribution < 1.29 is 9.47 Å². The van der Waals surface area contributed by atoms with Gasteiger partial charge in [-0.3, -0.25) is 4.68 Å². The zero-order valence-electron chi connectivity index (χ0n) is 13.4. The number of fused-ring (bicyclic) bond motifs is 1. The Kier molecular flexibility index (Phi) is 4.34. The van der Waals surface area contributed by atoms with Gasteiger partial charge < -0.3 is 14.8 Å². The normalized spacial score (nSPS) is 17.9. The number of nitrogens with one attached hydrogen (secondary N) is 1. The molecule has 1 aromatic carbocycles. The van der Waals surface area contributed by atoms with Crippen LogP contribution in [0.5, 0.6) is 11.5 Å². The molecule has 0 aliphatic carbocycles. The van der Waals surface area contributed by atoms with Crippen molar-refractivity contribution >= 4 is 0 Å². The molecule has 0 amide bonds. The molecule has 0 fully saturated rings. The topological polar surface area (TPSA) is 48.3 Å². The van der Waals surface area contributed by atoms with Crippen LogP contribution in [0.25, 0.3) is 0 Å². The molecule has 5 heteroatoms. The maximum Gasteiger partial charge on any atom is 0.127 e. The summed E-state index contributed by atoms with van der Waals surface area (Å²) >= 11 is 0. The third-order valence-corrected chi connectivity index (χ3v) is 3.94. The Labute approximate surface area is 131 Å². The number of hydrogen-bond donors (Lipinski definition) is 1. The van der Waals surface area contributed by atoms with Crippen molar-refractivity contribution in [2.45, 2.75) is 45.5 Å². The average Bonchev–Trinajstić information content (AvgIpc) is 3.12. The second-order valence-electron chi connectivity index (χ2n) is 5.92. The van der Waals surface area contributed by atoms with E-state index in [4.69, 9.17) is 9.47 Å². The van der Waals surface area contributed by atoms with Gasteiger partial charge in [-0.2, -0.15) is 5.10 Å². The standard InChI is InChI=1S/C17H23N3O2/c1-12(11-20-6-4-5-19-20)18-10-15-9-16(21-3)8-14-7-13(2)22-17(14)15/h4-6,8-9,12-13,18H,7,10-11H2,1-3H3/t12-,13-/m1/s1. The number of methoxy groups -OCH3 is 1. The number of benzene rings is 1. The highest BCUT2D eigenvalue weighted by molar-refractivity contribution is 5.49. The summed E-state index contributed by atoms with van der Waals surface area (Å²) in [5.41, 5.74) is 2.40. The lowest BCUT2D eigenvalue weighted by Gasteiger charge is -2.16. The van der Waals surface area contributed by atoms with Gasteiger partial charge in [0.1, 0.15) is 17.6 Å². The zero-order valence-corrected chi connectivity index (χ0v) is 13.4. The Morgan fingerprint density at radius 3 is 3.09 bits per heavy atom. The van der Waals surface area contributed by atoms with Gasteiger partial charge in [0.05, 0.1) is 13.7 Å². The Morgan fingerprint density at radius 2 is 2.36 bits per heavy atom. The van der Waals surface area contributed by atoms with Gasteiger partial charge in [-0.1, -0.05) is 0 Å². The summed E-state index contributed by atoms with van der Waals surface area (Å²) in [5.74, 6) is 1.92. The summed E-state index contributed by atoms with van der Waals surface area (Å²) in [6, 6.07) is 6.40. The van der Waals surface area contributed by atoms with E-state index in [-0.39, 0.29) is 6.10 Å². The van der Waals surface area contributed by atoms with E-state index in [0.29, 0.717) is 6.04 Å². The Morgan fingerprint density at radius 1 is 1.50 bits per heavy atom. The fourth-order valence-corrected chi connectivity index (χ4v) is 2.86. The molecule has 1 aliphatic heterocycles. The number of aromatic nitrogens is 2. The summed E-state index contributed by atoms with van der Waals surface area (Å²) in [6.45, 7) is 5.86. The first-order valence-electron chi connectivity index (χ1n) is 7.73. The predicted octanol–water partition coefficient (Wildman–Crippen LogP) is 2.39. The van der Waals surface area contributed by atoms with E-state index < -0.39 is 0 Å². The zero-order chi connectivity index (χ0) is 15.5. The van der Waals surface area contributed by atoms with Gasteiger partial charge in [-0.25, -0.2) is 0 Å². The molecule has 118 valence electrons. The highest BCUT2D eigenvalue weighted by Crippen LogP contribution is 2.36. The van der Waals surface area contributed by atoms with E-state index in [9.17, 15) is 0 Å². The third kappa shape index (κ3) is 3.25. The van der Waals surface area contributed by atoms with Crippen LogP contribution >= 0.6 is 0 Å². The van der Waals surface area contributed by atoms with Crippen LogP contribution in [-0.2, 0) is 19.5 Å². The molecule has 0 saturated carbocycles. The predicted molar refractivity (Wildman–Crippen MR) is 85.3 cm³/mol. The SMILES string of the molecule is COc1cc(CN[C@H](C)Cn2cccn2)c2c(c1)C[C@@H](C)O2. The summed E-state index contributed by atoms with van der Waals surface area (Å²) < 4.78 is 13.3. The van der Waals surface area contributed by atoms with Gasteiger partial charge in [-0.15, -0.1) is 0 Å². The van der Waals surface area contributed by atoms with E-state index in [0.717, 1.165) is 36.6 Å². The van der Waals surface area contributed by atoms with Crippen molar-refractivity contribution in [3.63, 3.8) is 0 Å². The van der Waals surface area contributed by atoms with Crippen LogP contribution in [0.2, 0.25) is 0 Å². The Balaban J connectivity index is 1.68. The van der Waals surface area contributed by atoms with Crippen molar-refractivity contribution in [3.05, 3.63) is 41.7 Å². The van der Waals surface area contributed by atoms with Gasteiger partial charge in [0.2, 0.25) is 0 Å². The van der Waals surface area contributed by atoms with Crippen molar-refractivity contribution in [1.29, 1.82) is 0 Å². The molecule has 0 saturated heterocycles. The molecule has 0 bridgehead atoms. The Hall–Kier alpha value is -2.01. The second-order valence-corrected chi connectivity index (χ2v) is 5.92. The van der Waals surface area contributed by atoms with Gasteiger partial charge in [-0.05, 0) is 32.0 Å². The minimum Gasteiger partial charge on any atom is -0.497 e. The van der Waals surface area contributed by atoms with Crippen LogP contribution < -0.4 is 14.8 Å². The first-order chi connectivity index (χ1) is 10.7. The van der Waals surface area contributed by atoms with Crippen LogP contribution in [-0.4, -0.2) is 29.0 Å². The van der Waals surface area contributed by atoms with E-state index in [1.54, 1.807) is 13.3 Å². The van der Waals surface area contributed by atoms with E-state index >= 15 is 0 Å². The second kappa shape index (κ2) is 6.40. The molecular weight excluding hydrogens is 278 g/mol. The lowest BCUT2D eigenvalue weighted by Crippen LogP contribution is -2.30. The molecule has 1 aromatic heterocycles. The number of nitrogens with zero attached hydrogens (tertiary/aromatic N) is 2. The average molecular weight is 301 g/mol. The van der Waals surface area contributed by atoms with Gasteiger partial charge in [0.25, 0.3) is 0 Å². The fraction of sp³-hybridized carbons (Fsp3) is 0.471. The number of ether oxygens (including phenoxy) is 2. The van der Waals surface area contributed by atoms with Crippen LogP contribution in [0.1, 0.15) is 25.0 Å². The van der Waals surface area contributed by atoms with Crippen molar-refractivity contribution in [2.75, 3.05) is 7.11 Å². The van der Waals surface area contributed by atoms with Crippen LogP contribution in [0.3, 0.4) is 0 Å². The minimum absolute atomic E-state index is 0.238. The molecule has 1 N–H and O–H groups in total. The molecular formula is C17H23N3O2. The van der Waals surface area contributed by atoms with E-state index in [2.05, 4.69) is 36.4 Å². The summed E-state index contributed by atoms with van der Waals surface area (Å²) in [4.78, 5) is 0. The highest BCUT2D eigenvalue weighted by Gasteiger charge is 2.23. The Bertz CT molecular complexity index is 625. The van der Waals surface area contributed by atoms with Gasteiger partial charge >= 0.3 is 0 Å². The maximum atomic E-state index is 5.96. The van der Waals surface area contributed by atoms with Crippen molar-refractivity contribution in [2.24, 2.45) is 0 Å². The van der Waals surface area contributed by atoms with Crippen molar-refractivity contribution in [3.8, 4) is 11.5 Å². The van der Waals surface area contributed by atoms with Crippen LogP contribution in [0, 0.1) is 0 Å². The smallest absolute Gasteiger partial charge is 0.127 e. The summed E-state index contributed by atoms with van der Waals surface area (Å²) in [7, 11) is 1.71. The quantitative estimate of drug-likeness (QED) is 0.890. The molecule has 2 heterocycles.